The molecule has 4 bridgehead atoms. The van der Waals surface area contributed by atoms with Gasteiger partial charge in [-0.3, -0.25) is 9.21 Å². The van der Waals surface area contributed by atoms with Gasteiger partial charge in [-0.2, -0.15) is 0 Å². The summed E-state index contributed by atoms with van der Waals surface area (Å²) in [6.45, 7) is 9.11. The van der Waals surface area contributed by atoms with Crippen LogP contribution in [0.5, 0.6) is 0 Å². The summed E-state index contributed by atoms with van der Waals surface area (Å²) in [6, 6.07) is 1.64. The van der Waals surface area contributed by atoms with Crippen molar-refractivity contribution < 1.29 is 0 Å². The molecule has 0 N–H and O–H groups in total. The van der Waals surface area contributed by atoms with Gasteiger partial charge >= 0.3 is 0 Å². The Morgan fingerprint density at radius 2 is 1.56 bits per heavy atom. The fraction of sp³-hybridized carbons (Fsp3) is 1.00. The Labute approximate surface area is 159 Å². The largest absolute Gasteiger partial charge is 0.298 e. The molecular weight excluding hydrogens is 324 g/mol. The Hall–Kier alpha value is 0.270. The van der Waals surface area contributed by atoms with Crippen LogP contribution < -0.4 is 0 Å². The van der Waals surface area contributed by atoms with E-state index in [1.807, 2.05) is 0 Å². The van der Waals surface area contributed by atoms with E-state index in [4.69, 9.17) is 0 Å². The molecule has 5 aliphatic rings. The molecular formula is C22H42N2S. The lowest BCUT2D eigenvalue weighted by Crippen LogP contribution is -2.46. The third-order valence-electron chi connectivity index (χ3n) is 8.06. The molecule has 6 atom stereocenters. The second-order valence-electron chi connectivity index (χ2n) is 10.1. The van der Waals surface area contributed by atoms with Crippen LogP contribution in [-0.4, -0.2) is 52.9 Å². The van der Waals surface area contributed by atoms with Crippen molar-refractivity contribution in [2.45, 2.75) is 83.7 Å². The van der Waals surface area contributed by atoms with Crippen LogP contribution >= 0.6 is 11.1 Å². The van der Waals surface area contributed by atoms with Gasteiger partial charge in [-0.25, -0.2) is 11.1 Å². The molecule has 3 heteroatoms. The summed E-state index contributed by atoms with van der Waals surface area (Å²) in [5.74, 6) is 5.60. The summed E-state index contributed by atoms with van der Waals surface area (Å²) in [6.07, 6.45) is 16.3. The van der Waals surface area contributed by atoms with Crippen LogP contribution in [0, 0.1) is 23.7 Å². The zero-order chi connectivity index (χ0) is 17.4. The summed E-state index contributed by atoms with van der Waals surface area (Å²) < 4.78 is 3.00. The molecule has 2 aliphatic carbocycles. The van der Waals surface area contributed by atoms with E-state index >= 15 is 0 Å². The van der Waals surface area contributed by atoms with E-state index in [0.717, 1.165) is 35.8 Å². The summed E-state index contributed by atoms with van der Waals surface area (Å²) in [7, 11) is 0. The quantitative estimate of drug-likeness (QED) is 0.704. The summed E-state index contributed by atoms with van der Waals surface area (Å²) in [5.41, 5.74) is 0. The Balaban J connectivity index is 1.42. The molecule has 25 heavy (non-hydrogen) atoms. The van der Waals surface area contributed by atoms with Crippen molar-refractivity contribution in [1.29, 1.82) is 0 Å². The van der Waals surface area contributed by atoms with E-state index in [-0.39, 0.29) is 11.1 Å². The molecule has 0 aromatic rings. The van der Waals surface area contributed by atoms with Gasteiger partial charge in [0.05, 0.1) is 0 Å². The van der Waals surface area contributed by atoms with Crippen molar-refractivity contribution in [3.8, 4) is 0 Å². The summed E-state index contributed by atoms with van der Waals surface area (Å²) >= 11 is 0.0810. The standard InChI is InChI=1S/C22H42N2S/c1-17(2)24-12-11-18-9-10-22(24)21(13-18)16-25(3)23-14-19-5-4-6-20(15-23)8-7-19/h17-22,25H,4-16H2,1-3H3. The highest BCUT2D eigenvalue weighted by molar-refractivity contribution is 8.14. The maximum Gasteiger partial charge on any atom is 0.0134 e. The minimum atomic E-state index is 0.0810. The van der Waals surface area contributed by atoms with Gasteiger partial charge in [-0.05, 0) is 107 Å². The average Bonchev–Trinajstić information content (AvgIpc) is 3.04. The van der Waals surface area contributed by atoms with E-state index in [9.17, 15) is 0 Å². The minimum Gasteiger partial charge on any atom is -0.298 e. The number of hydrogen-bond donors (Lipinski definition) is 1. The normalized spacial score (nSPS) is 42.2. The molecule has 3 aliphatic heterocycles. The van der Waals surface area contributed by atoms with Crippen molar-refractivity contribution in [2.75, 3.05) is 31.6 Å². The van der Waals surface area contributed by atoms with Crippen LogP contribution in [0.15, 0.2) is 0 Å². The molecule has 0 radical (unpaired) electrons. The molecule has 146 valence electrons. The summed E-state index contributed by atoms with van der Waals surface area (Å²) in [5, 5.41) is 0. The van der Waals surface area contributed by atoms with Crippen molar-refractivity contribution >= 4 is 11.1 Å². The highest BCUT2D eigenvalue weighted by Gasteiger charge is 2.39. The molecule has 0 amide bonds. The van der Waals surface area contributed by atoms with Gasteiger partial charge in [0.15, 0.2) is 0 Å². The van der Waals surface area contributed by atoms with Crippen molar-refractivity contribution in [1.82, 2.24) is 9.21 Å². The van der Waals surface area contributed by atoms with Crippen molar-refractivity contribution in [3.05, 3.63) is 0 Å². The monoisotopic (exact) mass is 366 g/mol. The number of nitrogens with zero attached hydrogens (tertiary/aromatic N) is 2. The van der Waals surface area contributed by atoms with Crippen LogP contribution in [0.25, 0.3) is 0 Å². The molecule has 3 saturated heterocycles. The third-order valence-corrected chi connectivity index (χ3v) is 10.4. The second kappa shape index (κ2) is 8.10. The fourth-order valence-electron chi connectivity index (χ4n) is 6.60. The molecule has 6 unspecified atom stereocenters. The van der Waals surface area contributed by atoms with Gasteiger partial charge in [0.25, 0.3) is 0 Å². The Kier molecular flexibility index (Phi) is 6.04. The van der Waals surface area contributed by atoms with Gasteiger partial charge in [-0.15, -0.1) is 0 Å². The topological polar surface area (TPSA) is 6.48 Å². The molecule has 2 nitrogen and oxygen atoms in total. The molecule has 3 heterocycles. The highest BCUT2D eigenvalue weighted by atomic mass is 32.2. The van der Waals surface area contributed by atoms with E-state index in [1.54, 1.807) is 6.42 Å². The molecule has 5 fully saturated rings. The van der Waals surface area contributed by atoms with Gasteiger partial charge in [0.1, 0.15) is 0 Å². The second-order valence-corrected chi connectivity index (χ2v) is 12.3. The average molecular weight is 367 g/mol. The third kappa shape index (κ3) is 4.24. The zero-order valence-electron chi connectivity index (χ0n) is 17.0. The molecule has 0 spiro atoms. The van der Waals surface area contributed by atoms with Gasteiger partial charge in [0.2, 0.25) is 0 Å². The lowest BCUT2D eigenvalue weighted by Gasteiger charge is -2.44. The molecule has 2 saturated carbocycles. The first-order chi connectivity index (χ1) is 12.1. The van der Waals surface area contributed by atoms with Gasteiger partial charge in [0, 0.05) is 25.2 Å². The van der Waals surface area contributed by atoms with Crippen LogP contribution in [0.3, 0.4) is 0 Å². The smallest absolute Gasteiger partial charge is 0.0134 e. The Bertz CT molecular complexity index is 426. The summed E-state index contributed by atoms with van der Waals surface area (Å²) in [4.78, 5) is 2.89. The number of rotatable bonds is 4. The minimum absolute atomic E-state index is 0.0810. The molecule has 0 aromatic carbocycles. The van der Waals surface area contributed by atoms with Crippen molar-refractivity contribution in [2.24, 2.45) is 23.7 Å². The maximum atomic E-state index is 3.00. The van der Waals surface area contributed by atoms with Crippen LogP contribution in [0.1, 0.15) is 71.6 Å². The number of thiol groups is 1. The van der Waals surface area contributed by atoms with E-state index < -0.39 is 0 Å². The highest BCUT2D eigenvalue weighted by Crippen LogP contribution is 2.45. The lowest BCUT2D eigenvalue weighted by atomic mass is 9.79. The first-order valence-electron chi connectivity index (χ1n) is 11.3. The predicted octanol–water partition coefficient (Wildman–Crippen LogP) is 4.94. The van der Waals surface area contributed by atoms with Gasteiger partial charge in [-0.1, -0.05) is 6.42 Å². The zero-order valence-corrected chi connectivity index (χ0v) is 17.9. The van der Waals surface area contributed by atoms with E-state index in [1.165, 1.54) is 76.8 Å². The Morgan fingerprint density at radius 1 is 0.880 bits per heavy atom. The predicted molar refractivity (Wildman–Crippen MR) is 112 cm³/mol. The Morgan fingerprint density at radius 3 is 2.24 bits per heavy atom. The number of hydrogen-bond acceptors (Lipinski definition) is 2. The van der Waals surface area contributed by atoms with Crippen LogP contribution in [-0.2, 0) is 0 Å². The van der Waals surface area contributed by atoms with E-state index in [0.29, 0.717) is 0 Å². The maximum absolute atomic E-state index is 3.00. The van der Waals surface area contributed by atoms with Crippen LogP contribution in [0.2, 0.25) is 0 Å². The van der Waals surface area contributed by atoms with E-state index in [2.05, 4.69) is 29.3 Å². The van der Waals surface area contributed by atoms with Gasteiger partial charge < -0.3 is 0 Å². The fourth-order valence-corrected chi connectivity index (χ4v) is 8.93. The molecule has 5 rings (SSSR count). The molecule has 0 aromatic heterocycles. The van der Waals surface area contributed by atoms with Crippen LogP contribution in [0.4, 0.5) is 0 Å². The number of fused-ring (bicyclic) bond motifs is 7. The first-order valence-corrected chi connectivity index (χ1v) is 13.2. The first kappa shape index (κ1) is 18.6. The SMILES string of the molecule is CC(C)N1CCC2CCC1C(C[SH](C)N1CC3CCCC(CC3)C1)C2. The van der Waals surface area contributed by atoms with Crippen molar-refractivity contribution in [3.63, 3.8) is 0 Å². The lowest BCUT2D eigenvalue weighted by molar-refractivity contribution is 0.109.